The molecule has 8 nitrogen and oxygen atoms in total. The molecule has 0 aliphatic carbocycles. The normalized spacial score (nSPS) is 31.7. The van der Waals surface area contributed by atoms with Gasteiger partial charge in [-0.25, -0.2) is 4.79 Å². The van der Waals surface area contributed by atoms with E-state index in [1.807, 2.05) is 0 Å². The van der Waals surface area contributed by atoms with Crippen LogP contribution in [0, 0.1) is 0 Å². The number of aromatic nitrogens is 2. The highest BCUT2D eigenvalue weighted by molar-refractivity contribution is 4.94. The lowest BCUT2D eigenvalue weighted by atomic mass is 10.1. The molecular weight excluding hydrogens is 242 g/mol. The van der Waals surface area contributed by atoms with Gasteiger partial charge in [-0.2, -0.15) is 0 Å². The highest BCUT2D eigenvalue weighted by Crippen LogP contribution is 2.31. The molecule has 3 atom stereocenters. The van der Waals surface area contributed by atoms with E-state index in [-0.39, 0.29) is 13.0 Å². The summed E-state index contributed by atoms with van der Waals surface area (Å²) in [6.07, 6.45) is -0.317. The molecule has 100 valence electrons. The van der Waals surface area contributed by atoms with Crippen molar-refractivity contribution in [3.8, 4) is 0 Å². The molecule has 1 fully saturated rings. The molecule has 2 heterocycles. The summed E-state index contributed by atoms with van der Waals surface area (Å²) < 4.78 is 6.64. The Bertz CT molecular complexity index is 539. The Kier molecular flexibility index (Phi) is 3.35. The van der Waals surface area contributed by atoms with Crippen molar-refractivity contribution in [1.82, 2.24) is 14.9 Å². The van der Waals surface area contributed by atoms with Crippen LogP contribution in [0.25, 0.3) is 0 Å². The first-order chi connectivity index (χ1) is 8.52. The van der Waals surface area contributed by atoms with Crippen LogP contribution in [0.5, 0.6) is 0 Å². The monoisotopic (exact) mass is 257 g/mol. The number of hydrogen-bond acceptors (Lipinski definition) is 6. The summed E-state index contributed by atoms with van der Waals surface area (Å²) in [5, 5.41) is 21.6. The van der Waals surface area contributed by atoms with Crippen LogP contribution in [0.1, 0.15) is 6.42 Å². The lowest BCUT2D eigenvalue weighted by molar-refractivity contribution is -0.136. The first-order valence-electron chi connectivity index (χ1n) is 5.50. The second-order valence-electron chi connectivity index (χ2n) is 4.12. The van der Waals surface area contributed by atoms with Crippen molar-refractivity contribution in [2.45, 2.75) is 24.5 Å². The van der Waals surface area contributed by atoms with E-state index in [9.17, 15) is 14.7 Å². The zero-order valence-corrected chi connectivity index (χ0v) is 9.79. The Hall–Kier alpha value is -1.48. The molecule has 0 amide bonds. The van der Waals surface area contributed by atoms with E-state index in [4.69, 9.17) is 9.84 Å². The highest BCUT2D eigenvalue weighted by atomic mass is 16.6. The molecular formula is C10H15N3O5. The van der Waals surface area contributed by atoms with Gasteiger partial charge in [0.05, 0.1) is 12.7 Å². The van der Waals surface area contributed by atoms with E-state index in [1.165, 1.54) is 12.3 Å². The predicted octanol–water partition coefficient (Wildman–Crippen LogP) is -2.49. The number of rotatable bonds is 3. The van der Waals surface area contributed by atoms with Crippen LogP contribution in [0.3, 0.4) is 0 Å². The van der Waals surface area contributed by atoms with Crippen molar-refractivity contribution in [3.63, 3.8) is 0 Å². The van der Waals surface area contributed by atoms with Crippen LogP contribution in [-0.4, -0.2) is 45.6 Å². The number of aliphatic hydroxyl groups is 2. The molecule has 0 spiro atoms. The summed E-state index contributed by atoms with van der Waals surface area (Å²) in [6.45, 7) is -0.358. The molecule has 0 aromatic carbocycles. The molecule has 8 heteroatoms. The fourth-order valence-corrected chi connectivity index (χ4v) is 2.09. The fraction of sp³-hybridized carbons (Fsp3) is 0.600. The van der Waals surface area contributed by atoms with Gasteiger partial charge in [-0.3, -0.25) is 19.7 Å². The van der Waals surface area contributed by atoms with Crippen molar-refractivity contribution in [2.24, 2.45) is 0 Å². The van der Waals surface area contributed by atoms with E-state index in [0.717, 1.165) is 4.57 Å². The molecule has 1 saturated heterocycles. The third kappa shape index (κ3) is 1.99. The molecule has 1 aromatic rings. The number of hydrogen-bond donors (Lipinski definition) is 4. The van der Waals surface area contributed by atoms with E-state index >= 15 is 0 Å². The molecule has 0 unspecified atom stereocenters. The van der Waals surface area contributed by atoms with E-state index < -0.39 is 29.3 Å². The number of nitrogens with zero attached hydrogens (tertiary/aromatic N) is 1. The summed E-state index contributed by atoms with van der Waals surface area (Å²) in [5.41, 5.74) is -1.16. The quantitative estimate of drug-likeness (QED) is 0.476. The average Bonchev–Trinajstić information content (AvgIpc) is 2.67. The van der Waals surface area contributed by atoms with Crippen LogP contribution < -0.4 is 16.6 Å². The van der Waals surface area contributed by atoms with Gasteiger partial charge in [0.15, 0.2) is 0 Å². The zero-order valence-electron chi connectivity index (χ0n) is 9.79. The summed E-state index contributed by atoms with van der Waals surface area (Å²) in [5.74, 6) is -1.27. The van der Waals surface area contributed by atoms with Crippen LogP contribution in [0.2, 0.25) is 0 Å². The SMILES string of the molecule is CN[C@]1(n2ccc(=O)[nH]c2=O)C[C@H](O)[C@@H](CO)O1. The smallest absolute Gasteiger partial charge is 0.331 e. The van der Waals surface area contributed by atoms with Gasteiger partial charge >= 0.3 is 5.69 Å². The average molecular weight is 257 g/mol. The number of H-pyrrole nitrogens is 1. The first kappa shape index (κ1) is 13.0. The summed E-state index contributed by atoms with van der Waals surface area (Å²) in [4.78, 5) is 24.9. The minimum atomic E-state index is -1.27. The first-order valence-corrected chi connectivity index (χ1v) is 5.50. The highest BCUT2D eigenvalue weighted by Gasteiger charge is 2.46. The fourth-order valence-electron chi connectivity index (χ4n) is 2.09. The molecule has 0 bridgehead atoms. The molecule has 0 saturated carbocycles. The van der Waals surface area contributed by atoms with Crippen LogP contribution in [0.15, 0.2) is 21.9 Å². The van der Waals surface area contributed by atoms with Gasteiger partial charge in [-0.15, -0.1) is 0 Å². The maximum Gasteiger partial charge on any atom is 0.331 e. The lowest BCUT2D eigenvalue weighted by Gasteiger charge is -2.30. The predicted molar refractivity (Wildman–Crippen MR) is 60.9 cm³/mol. The van der Waals surface area contributed by atoms with Crippen LogP contribution >= 0.6 is 0 Å². The minimum Gasteiger partial charge on any atom is -0.394 e. The number of nitrogens with one attached hydrogen (secondary N) is 2. The van der Waals surface area contributed by atoms with Gasteiger partial charge in [-0.1, -0.05) is 0 Å². The summed E-state index contributed by atoms with van der Waals surface area (Å²) in [7, 11) is 1.56. The number of ether oxygens (including phenoxy) is 1. The Labute approximate surface area is 102 Å². The Morgan fingerprint density at radius 1 is 1.67 bits per heavy atom. The standard InChI is InChI=1S/C10H15N3O5/c1-11-10(4-6(15)7(5-14)18-10)13-3-2-8(16)12-9(13)17/h2-3,6-7,11,14-15H,4-5H2,1H3,(H,12,16,17)/t6-,7+,10-/m0/s1. The molecule has 1 aliphatic rings. The maximum atomic E-state index is 11.7. The number of aliphatic hydroxyl groups excluding tert-OH is 2. The van der Waals surface area contributed by atoms with Gasteiger partial charge < -0.3 is 14.9 Å². The molecule has 1 aliphatic heterocycles. The minimum absolute atomic E-state index is 0.0840. The third-order valence-corrected chi connectivity index (χ3v) is 3.04. The Morgan fingerprint density at radius 2 is 2.39 bits per heavy atom. The van der Waals surface area contributed by atoms with Gasteiger partial charge in [0.25, 0.3) is 5.56 Å². The van der Waals surface area contributed by atoms with Crippen molar-refractivity contribution in [2.75, 3.05) is 13.7 Å². The second kappa shape index (κ2) is 4.65. The largest absolute Gasteiger partial charge is 0.394 e. The molecule has 0 radical (unpaired) electrons. The van der Waals surface area contributed by atoms with Crippen LogP contribution in [0.4, 0.5) is 0 Å². The molecule has 1 aromatic heterocycles. The molecule has 2 rings (SSSR count). The van der Waals surface area contributed by atoms with Gasteiger partial charge in [0.2, 0.25) is 5.85 Å². The summed E-state index contributed by atoms with van der Waals surface area (Å²) in [6, 6.07) is 1.18. The van der Waals surface area contributed by atoms with E-state index in [2.05, 4.69) is 10.3 Å². The van der Waals surface area contributed by atoms with E-state index in [1.54, 1.807) is 7.05 Å². The van der Waals surface area contributed by atoms with Crippen molar-refractivity contribution in [3.05, 3.63) is 33.1 Å². The summed E-state index contributed by atoms with van der Waals surface area (Å²) >= 11 is 0. The van der Waals surface area contributed by atoms with Crippen molar-refractivity contribution in [1.29, 1.82) is 0 Å². The van der Waals surface area contributed by atoms with Crippen LogP contribution in [-0.2, 0) is 10.6 Å². The zero-order chi connectivity index (χ0) is 13.3. The Balaban J connectivity index is 2.46. The topological polar surface area (TPSA) is 117 Å². The lowest BCUT2D eigenvalue weighted by Crippen LogP contribution is -2.52. The van der Waals surface area contributed by atoms with Crippen molar-refractivity contribution >= 4 is 0 Å². The van der Waals surface area contributed by atoms with E-state index in [0.29, 0.717) is 0 Å². The number of aromatic amines is 1. The van der Waals surface area contributed by atoms with Gasteiger partial charge in [0.1, 0.15) is 6.10 Å². The van der Waals surface area contributed by atoms with Gasteiger partial charge in [0, 0.05) is 18.7 Å². The second-order valence-corrected chi connectivity index (χ2v) is 4.12. The molecule has 18 heavy (non-hydrogen) atoms. The Morgan fingerprint density at radius 3 is 2.89 bits per heavy atom. The van der Waals surface area contributed by atoms with Gasteiger partial charge in [-0.05, 0) is 7.05 Å². The van der Waals surface area contributed by atoms with Crippen molar-refractivity contribution < 1.29 is 14.9 Å². The molecule has 4 N–H and O–H groups in total. The third-order valence-electron chi connectivity index (χ3n) is 3.04. The maximum absolute atomic E-state index is 11.7.